The largest absolute Gasteiger partial charge is 0.294 e. The van der Waals surface area contributed by atoms with Gasteiger partial charge in [0.1, 0.15) is 0 Å². The standard InChI is InChI=1S/C10H11NO/c1-3-10(12)8-4-6-9(11-2)7-5-8/h4-7H,2-3H2,1H3. The third kappa shape index (κ3) is 1.78. The van der Waals surface area contributed by atoms with Crippen molar-refractivity contribution in [2.45, 2.75) is 13.3 Å². The number of aliphatic imine (C=N–C) groups is 1. The maximum atomic E-state index is 11.2. The first-order chi connectivity index (χ1) is 5.77. The monoisotopic (exact) mass is 161 g/mol. The molecule has 0 spiro atoms. The summed E-state index contributed by atoms with van der Waals surface area (Å²) in [5.74, 6) is 0.158. The summed E-state index contributed by atoms with van der Waals surface area (Å²) in [5.41, 5.74) is 1.53. The van der Waals surface area contributed by atoms with E-state index in [1.54, 1.807) is 24.3 Å². The predicted octanol–water partition coefficient (Wildman–Crippen LogP) is 2.61. The predicted molar refractivity (Wildman–Crippen MR) is 50.3 cm³/mol. The van der Waals surface area contributed by atoms with Crippen molar-refractivity contribution in [3.05, 3.63) is 29.8 Å². The van der Waals surface area contributed by atoms with E-state index >= 15 is 0 Å². The van der Waals surface area contributed by atoms with Crippen LogP contribution in [0, 0.1) is 0 Å². The second kappa shape index (κ2) is 3.81. The van der Waals surface area contributed by atoms with Gasteiger partial charge in [0.2, 0.25) is 0 Å². The van der Waals surface area contributed by atoms with E-state index in [2.05, 4.69) is 11.7 Å². The summed E-state index contributed by atoms with van der Waals surface area (Å²) in [5, 5.41) is 0. The minimum Gasteiger partial charge on any atom is -0.294 e. The van der Waals surface area contributed by atoms with Crippen molar-refractivity contribution < 1.29 is 4.79 Å². The minimum atomic E-state index is 0.158. The molecule has 0 fully saturated rings. The van der Waals surface area contributed by atoms with E-state index in [4.69, 9.17) is 0 Å². The van der Waals surface area contributed by atoms with E-state index < -0.39 is 0 Å². The Morgan fingerprint density at radius 1 is 1.42 bits per heavy atom. The smallest absolute Gasteiger partial charge is 0.162 e. The van der Waals surface area contributed by atoms with Crippen molar-refractivity contribution in [2.75, 3.05) is 0 Å². The highest BCUT2D eigenvalue weighted by Crippen LogP contribution is 2.12. The fourth-order valence-corrected chi connectivity index (χ4v) is 0.957. The van der Waals surface area contributed by atoms with E-state index in [9.17, 15) is 4.79 Å². The molecule has 0 N–H and O–H groups in total. The van der Waals surface area contributed by atoms with Crippen LogP contribution < -0.4 is 0 Å². The fourth-order valence-electron chi connectivity index (χ4n) is 0.957. The van der Waals surface area contributed by atoms with Crippen LogP contribution in [0.3, 0.4) is 0 Å². The van der Waals surface area contributed by atoms with Gasteiger partial charge in [0, 0.05) is 12.0 Å². The average molecular weight is 161 g/mol. The van der Waals surface area contributed by atoms with Crippen molar-refractivity contribution >= 4 is 18.2 Å². The normalized spacial score (nSPS) is 9.42. The number of hydrogen-bond donors (Lipinski definition) is 0. The Morgan fingerprint density at radius 2 is 2.00 bits per heavy atom. The summed E-state index contributed by atoms with van der Waals surface area (Å²) in [4.78, 5) is 14.9. The van der Waals surface area contributed by atoms with Gasteiger partial charge >= 0.3 is 0 Å². The topological polar surface area (TPSA) is 29.4 Å². The summed E-state index contributed by atoms with van der Waals surface area (Å²) >= 11 is 0. The van der Waals surface area contributed by atoms with Crippen LogP contribution >= 0.6 is 0 Å². The number of Topliss-reactive ketones (excluding diaryl/α,β-unsaturated/α-hetero) is 1. The molecule has 0 unspecified atom stereocenters. The minimum absolute atomic E-state index is 0.158. The fraction of sp³-hybridized carbons (Fsp3) is 0.200. The van der Waals surface area contributed by atoms with Crippen LogP contribution in [0.1, 0.15) is 23.7 Å². The van der Waals surface area contributed by atoms with Crippen LogP contribution in [0.15, 0.2) is 29.3 Å². The van der Waals surface area contributed by atoms with Crippen LogP contribution in [0.5, 0.6) is 0 Å². The molecule has 1 rings (SSSR count). The molecule has 1 aromatic rings. The van der Waals surface area contributed by atoms with Gasteiger partial charge in [-0.3, -0.25) is 9.79 Å². The number of rotatable bonds is 3. The molecule has 2 heteroatoms. The SMILES string of the molecule is C=Nc1ccc(C(=O)CC)cc1. The third-order valence-corrected chi connectivity index (χ3v) is 1.69. The van der Waals surface area contributed by atoms with Crippen LogP contribution in [0.2, 0.25) is 0 Å². The van der Waals surface area contributed by atoms with Gasteiger partial charge in [-0.1, -0.05) is 6.92 Å². The average Bonchev–Trinajstić information content (AvgIpc) is 2.17. The molecular formula is C10H11NO. The highest BCUT2D eigenvalue weighted by atomic mass is 16.1. The molecule has 0 radical (unpaired) electrons. The van der Waals surface area contributed by atoms with Crippen LogP contribution in [-0.4, -0.2) is 12.5 Å². The molecule has 1 aromatic carbocycles. The van der Waals surface area contributed by atoms with E-state index in [1.165, 1.54) is 0 Å². The van der Waals surface area contributed by atoms with Gasteiger partial charge in [0.05, 0.1) is 5.69 Å². The molecule has 0 aliphatic rings. The van der Waals surface area contributed by atoms with Crippen LogP contribution in [-0.2, 0) is 0 Å². The Bertz CT molecular complexity index is 287. The van der Waals surface area contributed by atoms with E-state index in [1.807, 2.05) is 6.92 Å². The lowest BCUT2D eigenvalue weighted by Gasteiger charge is -1.97. The second-order valence-electron chi connectivity index (χ2n) is 2.48. The van der Waals surface area contributed by atoms with Gasteiger partial charge in [-0.25, -0.2) is 0 Å². The first kappa shape index (κ1) is 8.65. The maximum absolute atomic E-state index is 11.2. The number of hydrogen-bond acceptors (Lipinski definition) is 2. The van der Waals surface area contributed by atoms with E-state index in [0.29, 0.717) is 6.42 Å². The number of carbonyl (C=O) groups is 1. The molecule has 2 nitrogen and oxygen atoms in total. The maximum Gasteiger partial charge on any atom is 0.162 e. The van der Waals surface area contributed by atoms with E-state index in [-0.39, 0.29) is 5.78 Å². The zero-order valence-corrected chi connectivity index (χ0v) is 7.08. The van der Waals surface area contributed by atoms with Crippen molar-refractivity contribution in [2.24, 2.45) is 4.99 Å². The van der Waals surface area contributed by atoms with Crippen LogP contribution in [0.25, 0.3) is 0 Å². The lowest BCUT2D eigenvalue weighted by Crippen LogP contribution is -1.94. The molecule has 0 heterocycles. The Kier molecular flexibility index (Phi) is 2.75. The van der Waals surface area contributed by atoms with Crippen molar-refractivity contribution in [1.29, 1.82) is 0 Å². The molecule has 0 aliphatic heterocycles. The third-order valence-electron chi connectivity index (χ3n) is 1.69. The van der Waals surface area contributed by atoms with Gasteiger partial charge in [-0.2, -0.15) is 0 Å². The Morgan fingerprint density at radius 3 is 2.42 bits per heavy atom. The van der Waals surface area contributed by atoms with Gasteiger partial charge in [-0.15, -0.1) is 0 Å². The summed E-state index contributed by atoms with van der Waals surface area (Å²) < 4.78 is 0. The molecule has 0 atom stereocenters. The summed E-state index contributed by atoms with van der Waals surface area (Å²) in [7, 11) is 0. The highest BCUT2D eigenvalue weighted by molar-refractivity contribution is 5.96. The molecule has 0 aromatic heterocycles. The molecule has 0 aliphatic carbocycles. The van der Waals surface area contributed by atoms with Crippen molar-refractivity contribution in [1.82, 2.24) is 0 Å². The summed E-state index contributed by atoms with van der Waals surface area (Å²) in [6.45, 7) is 5.24. The molecular weight excluding hydrogens is 150 g/mol. The van der Waals surface area contributed by atoms with Crippen molar-refractivity contribution in [3.63, 3.8) is 0 Å². The first-order valence-electron chi connectivity index (χ1n) is 3.88. The molecule has 0 saturated carbocycles. The quantitative estimate of drug-likeness (QED) is 0.495. The van der Waals surface area contributed by atoms with Gasteiger partial charge < -0.3 is 0 Å². The number of nitrogens with zero attached hydrogens (tertiary/aromatic N) is 1. The van der Waals surface area contributed by atoms with Crippen LogP contribution in [0.4, 0.5) is 5.69 Å². The Hall–Kier alpha value is -1.44. The zero-order valence-electron chi connectivity index (χ0n) is 7.08. The van der Waals surface area contributed by atoms with E-state index in [0.717, 1.165) is 11.3 Å². The number of benzene rings is 1. The Balaban J connectivity index is 2.91. The Labute approximate surface area is 71.9 Å². The number of ketones is 1. The lowest BCUT2D eigenvalue weighted by atomic mass is 10.1. The summed E-state index contributed by atoms with van der Waals surface area (Å²) in [6.07, 6.45) is 0.543. The highest BCUT2D eigenvalue weighted by Gasteiger charge is 2.00. The molecule has 12 heavy (non-hydrogen) atoms. The molecule has 0 saturated heterocycles. The zero-order chi connectivity index (χ0) is 8.97. The lowest BCUT2D eigenvalue weighted by molar-refractivity contribution is 0.0988. The van der Waals surface area contributed by atoms with Gasteiger partial charge in [0.15, 0.2) is 5.78 Å². The first-order valence-corrected chi connectivity index (χ1v) is 3.88. The van der Waals surface area contributed by atoms with Gasteiger partial charge in [0.25, 0.3) is 0 Å². The second-order valence-corrected chi connectivity index (χ2v) is 2.48. The molecule has 62 valence electrons. The molecule has 0 bridgehead atoms. The number of carbonyl (C=O) groups excluding carboxylic acids is 1. The summed E-state index contributed by atoms with van der Waals surface area (Å²) in [6, 6.07) is 7.12. The van der Waals surface area contributed by atoms with Gasteiger partial charge in [-0.05, 0) is 31.0 Å². The van der Waals surface area contributed by atoms with Crippen molar-refractivity contribution in [3.8, 4) is 0 Å². The molecule has 0 amide bonds.